The summed E-state index contributed by atoms with van der Waals surface area (Å²) in [6, 6.07) is 4.84. The highest BCUT2D eigenvalue weighted by Gasteiger charge is 2.23. The number of aromatic nitrogens is 2. The number of nitrogen functional groups attached to an aromatic ring is 1. The van der Waals surface area contributed by atoms with E-state index in [1.807, 2.05) is 0 Å². The van der Waals surface area contributed by atoms with Gasteiger partial charge in [-0.1, -0.05) is 0 Å². The van der Waals surface area contributed by atoms with Crippen molar-refractivity contribution in [3.63, 3.8) is 0 Å². The zero-order chi connectivity index (χ0) is 21.9. The SMILES string of the molecule is COc1cc(/C=C(\C#N)C(=O)c2c(N)n(C)c(=O)n(C)c2=O)cc(OC)c1OC. The molecule has 152 valence electrons. The Morgan fingerprint density at radius 3 is 2.07 bits per heavy atom. The third-order valence-corrected chi connectivity index (χ3v) is 4.30. The van der Waals surface area contributed by atoms with Crippen LogP contribution in [-0.4, -0.2) is 36.2 Å². The van der Waals surface area contributed by atoms with Gasteiger partial charge in [0.05, 0.1) is 21.3 Å². The van der Waals surface area contributed by atoms with Crippen LogP contribution in [0, 0.1) is 11.3 Å². The molecule has 0 spiro atoms. The molecule has 29 heavy (non-hydrogen) atoms. The van der Waals surface area contributed by atoms with Gasteiger partial charge in [0.25, 0.3) is 5.56 Å². The summed E-state index contributed by atoms with van der Waals surface area (Å²) in [5.74, 6) is -0.252. The van der Waals surface area contributed by atoms with Crippen LogP contribution in [0.25, 0.3) is 6.08 Å². The molecule has 2 N–H and O–H groups in total. The van der Waals surface area contributed by atoms with Crippen LogP contribution in [0.1, 0.15) is 15.9 Å². The number of anilines is 1. The predicted octanol–water partition coefficient (Wildman–Crippen LogP) is 0.482. The molecule has 0 aliphatic rings. The van der Waals surface area contributed by atoms with E-state index < -0.39 is 22.6 Å². The Morgan fingerprint density at radius 1 is 1.07 bits per heavy atom. The van der Waals surface area contributed by atoms with Crippen LogP contribution in [0.2, 0.25) is 0 Å². The Morgan fingerprint density at radius 2 is 1.62 bits per heavy atom. The van der Waals surface area contributed by atoms with Gasteiger partial charge in [-0.05, 0) is 23.8 Å². The van der Waals surface area contributed by atoms with E-state index >= 15 is 0 Å². The molecule has 0 aliphatic heterocycles. The molecule has 1 heterocycles. The highest BCUT2D eigenvalue weighted by atomic mass is 16.5. The van der Waals surface area contributed by atoms with Gasteiger partial charge < -0.3 is 19.9 Å². The molecule has 0 aliphatic carbocycles. The van der Waals surface area contributed by atoms with E-state index in [2.05, 4.69) is 0 Å². The molecule has 10 nitrogen and oxygen atoms in total. The second-order valence-corrected chi connectivity index (χ2v) is 5.92. The Hall–Kier alpha value is -4.00. The van der Waals surface area contributed by atoms with Crippen molar-refractivity contribution in [3.05, 3.63) is 49.7 Å². The molecule has 1 aromatic heterocycles. The lowest BCUT2D eigenvalue weighted by atomic mass is 10.0. The minimum Gasteiger partial charge on any atom is -0.493 e. The van der Waals surface area contributed by atoms with Gasteiger partial charge in [0, 0.05) is 14.1 Å². The van der Waals surface area contributed by atoms with Crippen molar-refractivity contribution in [3.8, 4) is 23.3 Å². The topological polar surface area (TPSA) is 139 Å². The fourth-order valence-electron chi connectivity index (χ4n) is 2.71. The zero-order valence-electron chi connectivity index (χ0n) is 16.6. The number of Topliss-reactive ketones (excluding diaryl/α,β-unsaturated/α-hetero) is 1. The molecule has 2 rings (SSSR count). The quantitative estimate of drug-likeness (QED) is 0.420. The van der Waals surface area contributed by atoms with Gasteiger partial charge in [-0.25, -0.2) is 4.79 Å². The summed E-state index contributed by atoms with van der Waals surface area (Å²) in [5, 5.41) is 9.50. The van der Waals surface area contributed by atoms with E-state index in [1.165, 1.54) is 53.6 Å². The lowest BCUT2D eigenvalue weighted by Crippen LogP contribution is -2.41. The maximum absolute atomic E-state index is 12.9. The third-order valence-electron chi connectivity index (χ3n) is 4.30. The number of nitrogens with two attached hydrogens (primary N) is 1. The maximum Gasteiger partial charge on any atom is 0.332 e. The fraction of sp³-hybridized carbons (Fsp3) is 0.263. The molecule has 0 unspecified atom stereocenters. The first kappa shape index (κ1) is 21.3. The molecular formula is C19H20N4O6. The van der Waals surface area contributed by atoms with Crippen LogP contribution in [0.3, 0.4) is 0 Å². The summed E-state index contributed by atoms with van der Waals surface area (Å²) in [4.78, 5) is 37.2. The van der Waals surface area contributed by atoms with E-state index in [0.717, 1.165) is 9.13 Å². The number of ether oxygens (including phenoxy) is 3. The Labute approximate surface area is 166 Å². The van der Waals surface area contributed by atoms with Crippen molar-refractivity contribution in [1.82, 2.24) is 9.13 Å². The number of methoxy groups -OCH3 is 3. The second-order valence-electron chi connectivity index (χ2n) is 5.92. The Balaban J connectivity index is 2.69. The van der Waals surface area contributed by atoms with E-state index in [4.69, 9.17) is 19.9 Å². The first-order valence-corrected chi connectivity index (χ1v) is 8.23. The number of nitriles is 1. The number of allylic oxidation sites excluding steroid dienone is 1. The smallest absolute Gasteiger partial charge is 0.332 e. The van der Waals surface area contributed by atoms with E-state index in [-0.39, 0.29) is 11.4 Å². The van der Waals surface area contributed by atoms with Crippen molar-refractivity contribution >= 4 is 17.7 Å². The molecule has 0 bridgehead atoms. The molecular weight excluding hydrogens is 380 g/mol. The van der Waals surface area contributed by atoms with Crippen molar-refractivity contribution in [2.45, 2.75) is 0 Å². The average molecular weight is 400 g/mol. The molecule has 0 saturated carbocycles. The van der Waals surface area contributed by atoms with Gasteiger partial charge in [-0.3, -0.25) is 18.7 Å². The van der Waals surface area contributed by atoms with E-state index in [9.17, 15) is 19.6 Å². The molecule has 0 atom stereocenters. The molecule has 0 amide bonds. The number of rotatable bonds is 6. The van der Waals surface area contributed by atoms with Crippen molar-refractivity contribution in [1.29, 1.82) is 5.26 Å². The van der Waals surface area contributed by atoms with Gasteiger partial charge in [0.1, 0.15) is 23.0 Å². The normalized spacial score (nSPS) is 11.0. The van der Waals surface area contributed by atoms with Crippen LogP contribution in [0.4, 0.5) is 5.82 Å². The molecule has 0 fully saturated rings. The summed E-state index contributed by atoms with van der Waals surface area (Å²) in [6.45, 7) is 0. The average Bonchev–Trinajstić information content (AvgIpc) is 2.73. The monoisotopic (exact) mass is 400 g/mol. The number of carbonyl (C=O) groups is 1. The van der Waals surface area contributed by atoms with Crippen LogP contribution in [-0.2, 0) is 14.1 Å². The number of hydrogen-bond donors (Lipinski definition) is 1. The maximum atomic E-state index is 12.9. The Kier molecular flexibility index (Phi) is 6.13. The van der Waals surface area contributed by atoms with E-state index in [1.54, 1.807) is 6.07 Å². The zero-order valence-corrected chi connectivity index (χ0v) is 16.6. The lowest BCUT2D eigenvalue weighted by Gasteiger charge is -2.13. The van der Waals surface area contributed by atoms with Crippen LogP contribution >= 0.6 is 0 Å². The van der Waals surface area contributed by atoms with Crippen LogP contribution < -0.4 is 31.2 Å². The lowest BCUT2D eigenvalue weighted by molar-refractivity contribution is 0.103. The highest BCUT2D eigenvalue weighted by molar-refractivity contribution is 6.16. The largest absolute Gasteiger partial charge is 0.493 e. The number of hydrogen-bond acceptors (Lipinski definition) is 8. The number of nitrogens with zero attached hydrogens (tertiary/aromatic N) is 3. The fourth-order valence-corrected chi connectivity index (χ4v) is 2.71. The minimum absolute atomic E-state index is 0.320. The summed E-state index contributed by atoms with van der Waals surface area (Å²) in [6.07, 6.45) is 1.26. The summed E-state index contributed by atoms with van der Waals surface area (Å²) < 4.78 is 17.4. The standard InChI is InChI=1S/C19H20N4O6/c1-22-17(21)14(18(25)23(2)19(22)26)15(24)11(9-20)6-10-7-12(27-3)16(29-5)13(8-10)28-4/h6-8H,21H2,1-5H3/b11-6+. The van der Waals surface area contributed by atoms with Gasteiger partial charge in [0.15, 0.2) is 11.5 Å². The van der Waals surface area contributed by atoms with Crippen LogP contribution in [0.15, 0.2) is 27.3 Å². The first-order valence-electron chi connectivity index (χ1n) is 8.23. The van der Waals surface area contributed by atoms with Crippen LogP contribution in [0.5, 0.6) is 17.2 Å². The molecule has 1 aromatic carbocycles. The van der Waals surface area contributed by atoms with Crippen molar-refractivity contribution < 1.29 is 19.0 Å². The number of benzene rings is 1. The molecule has 10 heteroatoms. The summed E-state index contributed by atoms with van der Waals surface area (Å²) in [7, 11) is 6.84. The van der Waals surface area contributed by atoms with Gasteiger partial charge in [-0.2, -0.15) is 5.26 Å². The molecule has 0 saturated heterocycles. The van der Waals surface area contributed by atoms with Gasteiger partial charge in [-0.15, -0.1) is 0 Å². The van der Waals surface area contributed by atoms with Gasteiger partial charge >= 0.3 is 5.69 Å². The highest BCUT2D eigenvalue weighted by Crippen LogP contribution is 2.38. The molecule has 0 radical (unpaired) electrons. The second kappa shape index (κ2) is 8.35. The number of carbonyl (C=O) groups excluding carboxylic acids is 1. The third kappa shape index (κ3) is 3.70. The van der Waals surface area contributed by atoms with E-state index in [0.29, 0.717) is 22.8 Å². The van der Waals surface area contributed by atoms with Crippen molar-refractivity contribution in [2.75, 3.05) is 27.1 Å². The number of ketones is 1. The summed E-state index contributed by atoms with van der Waals surface area (Å²) >= 11 is 0. The summed E-state index contributed by atoms with van der Waals surface area (Å²) in [5.41, 5.74) is 3.80. The minimum atomic E-state index is -0.907. The first-order chi connectivity index (χ1) is 13.7. The predicted molar refractivity (Wildman–Crippen MR) is 105 cm³/mol. The van der Waals surface area contributed by atoms with Gasteiger partial charge in [0.2, 0.25) is 11.5 Å². The van der Waals surface area contributed by atoms with Crippen molar-refractivity contribution in [2.24, 2.45) is 14.1 Å². The Bertz CT molecular complexity index is 1140. The molecule has 2 aromatic rings.